The molecule has 2 aromatic rings. The fourth-order valence-electron chi connectivity index (χ4n) is 1.17. The fraction of sp³-hybridized carbons (Fsp3) is 0. The van der Waals surface area contributed by atoms with E-state index in [1.54, 1.807) is 0 Å². The van der Waals surface area contributed by atoms with E-state index in [1.807, 2.05) is 30.3 Å². The number of hydrogen-bond acceptors (Lipinski definition) is 4. The minimum atomic E-state index is 0.142. The number of rotatable bonds is 2. The molecule has 1 aromatic heterocycles. The molecule has 0 radical (unpaired) electrons. The summed E-state index contributed by atoms with van der Waals surface area (Å²) >= 11 is 0. The predicted molar refractivity (Wildman–Crippen MR) is 51.2 cm³/mol. The molecule has 0 aliphatic heterocycles. The standard InChI is InChI=1S/C9H8N4O/c10-9-8(6-14)13(12-11-9)7-4-2-1-3-5-7/h1-6H,10H2. The molecular weight excluding hydrogens is 180 g/mol. The van der Waals surface area contributed by atoms with Crippen molar-refractivity contribution >= 4 is 12.1 Å². The van der Waals surface area contributed by atoms with Gasteiger partial charge in [-0.05, 0) is 12.1 Å². The van der Waals surface area contributed by atoms with Crippen LogP contribution in [0.5, 0.6) is 0 Å². The van der Waals surface area contributed by atoms with Crippen molar-refractivity contribution in [1.82, 2.24) is 15.0 Å². The summed E-state index contributed by atoms with van der Waals surface area (Å²) < 4.78 is 1.41. The third-order valence-electron chi connectivity index (χ3n) is 1.84. The number of benzene rings is 1. The molecule has 0 atom stereocenters. The van der Waals surface area contributed by atoms with Gasteiger partial charge in [-0.3, -0.25) is 4.79 Å². The lowest BCUT2D eigenvalue weighted by atomic mass is 10.3. The van der Waals surface area contributed by atoms with Crippen LogP contribution in [-0.2, 0) is 0 Å². The van der Waals surface area contributed by atoms with E-state index in [1.165, 1.54) is 4.68 Å². The molecule has 0 amide bonds. The minimum absolute atomic E-state index is 0.142. The van der Waals surface area contributed by atoms with Gasteiger partial charge in [-0.15, -0.1) is 5.10 Å². The molecule has 0 saturated heterocycles. The van der Waals surface area contributed by atoms with Crippen LogP contribution >= 0.6 is 0 Å². The predicted octanol–water partition coefficient (Wildman–Crippen LogP) is 0.662. The number of nitrogens with zero attached hydrogens (tertiary/aromatic N) is 3. The average molecular weight is 188 g/mol. The van der Waals surface area contributed by atoms with E-state index < -0.39 is 0 Å². The number of nitrogen functional groups attached to an aromatic ring is 1. The van der Waals surface area contributed by atoms with E-state index in [-0.39, 0.29) is 11.5 Å². The third-order valence-corrected chi connectivity index (χ3v) is 1.84. The fourth-order valence-corrected chi connectivity index (χ4v) is 1.17. The summed E-state index contributed by atoms with van der Waals surface area (Å²) in [5, 5.41) is 7.39. The maximum absolute atomic E-state index is 10.7. The maximum atomic E-state index is 10.7. The van der Waals surface area contributed by atoms with Crippen LogP contribution in [0, 0.1) is 0 Å². The van der Waals surface area contributed by atoms with E-state index >= 15 is 0 Å². The second kappa shape index (κ2) is 3.29. The first-order chi connectivity index (χ1) is 6.83. The number of hydrogen-bond donors (Lipinski definition) is 1. The van der Waals surface area contributed by atoms with E-state index in [9.17, 15) is 4.79 Å². The Bertz CT molecular complexity index is 449. The van der Waals surface area contributed by atoms with Gasteiger partial charge in [-0.2, -0.15) is 0 Å². The normalized spacial score (nSPS) is 10.0. The molecule has 5 nitrogen and oxygen atoms in total. The van der Waals surface area contributed by atoms with Gasteiger partial charge in [0.05, 0.1) is 5.69 Å². The smallest absolute Gasteiger partial charge is 0.177 e. The Kier molecular flexibility index (Phi) is 1.98. The van der Waals surface area contributed by atoms with Crippen LogP contribution in [0.4, 0.5) is 5.82 Å². The number of nitrogens with two attached hydrogens (primary N) is 1. The Hall–Kier alpha value is -2.17. The summed E-state index contributed by atoms with van der Waals surface area (Å²) in [5.74, 6) is 0.142. The SMILES string of the molecule is Nc1nnn(-c2ccccc2)c1C=O. The van der Waals surface area contributed by atoms with Gasteiger partial charge in [0, 0.05) is 0 Å². The lowest BCUT2D eigenvalue weighted by Crippen LogP contribution is -2.02. The topological polar surface area (TPSA) is 73.8 Å². The molecule has 70 valence electrons. The van der Waals surface area contributed by atoms with Crippen LogP contribution in [0.1, 0.15) is 10.5 Å². The molecule has 14 heavy (non-hydrogen) atoms. The van der Waals surface area contributed by atoms with Gasteiger partial charge in [0.15, 0.2) is 17.8 Å². The number of anilines is 1. The molecule has 1 heterocycles. The van der Waals surface area contributed by atoms with Gasteiger partial charge in [0.2, 0.25) is 0 Å². The van der Waals surface area contributed by atoms with Gasteiger partial charge in [-0.25, -0.2) is 4.68 Å². The molecular formula is C9H8N4O. The second-order valence-electron chi connectivity index (χ2n) is 2.73. The summed E-state index contributed by atoms with van der Waals surface area (Å²) in [6, 6.07) is 9.22. The molecule has 0 fully saturated rings. The Morgan fingerprint density at radius 3 is 2.64 bits per heavy atom. The number of carbonyl (C=O) groups is 1. The average Bonchev–Trinajstić information content (AvgIpc) is 2.61. The van der Waals surface area contributed by atoms with Crippen molar-refractivity contribution in [2.75, 3.05) is 5.73 Å². The van der Waals surface area contributed by atoms with E-state index in [0.29, 0.717) is 6.29 Å². The first-order valence-electron chi connectivity index (χ1n) is 4.04. The quantitative estimate of drug-likeness (QED) is 0.702. The second-order valence-corrected chi connectivity index (χ2v) is 2.73. The van der Waals surface area contributed by atoms with Crippen LogP contribution in [0.15, 0.2) is 30.3 Å². The molecule has 0 bridgehead atoms. The van der Waals surface area contributed by atoms with Crippen molar-refractivity contribution in [3.05, 3.63) is 36.0 Å². The lowest BCUT2D eigenvalue weighted by molar-refractivity contribution is 0.111. The van der Waals surface area contributed by atoms with Crippen LogP contribution < -0.4 is 5.73 Å². The van der Waals surface area contributed by atoms with Gasteiger partial charge >= 0.3 is 0 Å². The number of para-hydroxylation sites is 1. The summed E-state index contributed by atoms with van der Waals surface area (Å²) in [6.45, 7) is 0. The summed E-state index contributed by atoms with van der Waals surface area (Å²) in [7, 11) is 0. The monoisotopic (exact) mass is 188 g/mol. The van der Waals surface area contributed by atoms with Gasteiger partial charge < -0.3 is 5.73 Å². The highest BCUT2D eigenvalue weighted by atomic mass is 16.1. The van der Waals surface area contributed by atoms with Crippen molar-refractivity contribution in [1.29, 1.82) is 0 Å². The summed E-state index contributed by atoms with van der Waals surface area (Å²) in [6.07, 6.45) is 0.641. The first kappa shape index (κ1) is 8.43. The van der Waals surface area contributed by atoms with Crippen LogP contribution in [-0.4, -0.2) is 21.3 Å². The highest BCUT2D eigenvalue weighted by Gasteiger charge is 2.09. The molecule has 0 unspecified atom stereocenters. The number of carbonyl (C=O) groups excluding carboxylic acids is 1. The van der Waals surface area contributed by atoms with E-state index in [0.717, 1.165) is 5.69 Å². The molecule has 0 spiro atoms. The van der Waals surface area contributed by atoms with Gasteiger partial charge in [0.25, 0.3) is 0 Å². The van der Waals surface area contributed by atoms with Gasteiger partial charge in [-0.1, -0.05) is 23.4 Å². The van der Waals surface area contributed by atoms with Crippen molar-refractivity contribution in [3.8, 4) is 5.69 Å². The van der Waals surface area contributed by atoms with Crippen LogP contribution in [0.2, 0.25) is 0 Å². The summed E-state index contributed by atoms with van der Waals surface area (Å²) in [5.41, 5.74) is 6.50. The molecule has 0 saturated carbocycles. The molecule has 5 heteroatoms. The summed E-state index contributed by atoms with van der Waals surface area (Å²) in [4.78, 5) is 10.7. The molecule has 2 rings (SSSR count). The highest BCUT2D eigenvalue weighted by Crippen LogP contribution is 2.11. The number of aromatic nitrogens is 3. The van der Waals surface area contributed by atoms with E-state index in [4.69, 9.17) is 5.73 Å². The minimum Gasteiger partial charge on any atom is -0.380 e. The zero-order valence-electron chi connectivity index (χ0n) is 7.29. The van der Waals surface area contributed by atoms with Crippen molar-refractivity contribution in [2.45, 2.75) is 0 Å². The maximum Gasteiger partial charge on any atom is 0.177 e. The Morgan fingerprint density at radius 1 is 1.29 bits per heavy atom. The molecule has 2 N–H and O–H groups in total. The highest BCUT2D eigenvalue weighted by molar-refractivity contribution is 5.79. The molecule has 1 aromatic carbocycles. The van der Waals surface area contributed by atoms with Crippen molar-refractivity contribution < 1.29 is 4.79 Å². The number of aldehydes is 1. The zero-order valence-corrected chi connectivity index (χ0v) is 7.29. The lowest BCUT2D eigenvalue weighted by Gasteiger charge is -2.00. The molecule has 0 aliphatic carbocycles. The first-order valence-corrected chi connectivity index (χ1v) is 4.04. The Balaban J connectivity index is 2.57. The third kappa shape index (κ3) is 1.24. The van der Waals surface area contributed by atoms with Crippen molar-refractivity contribution in [3.63, 3.8) is 0 Å². The Morgan fingerprint density at radius 2 is 2.00 bits per heavy atom. The molecule has 0 aliphatic rings. The van der Waals surface area contributed by atoms with Crippen LogP contribution in [0.3, 0.4) is 0 Å². The van der Waals surface area contributed by atoms with E-state index in [2.05, 4.69) is 10.3 Å². The van der Waals surface area contributed by atoms with Crippen LogP contribution in [0.25, 0.3) is 5.69 Å². The Labute approximate surface area is 80.2 Å². The largest absolute Gasteiger partial charge is 0.380 e. The van der Waals surface area contributed by atoms with Gasteiger partial charge in [0.1, 0.15) is 0 Å². The van der Waals surface area contributed by atoms with Crippen molar-refractivity contribution in [2.24, 2.45) is 0 Å². The zero-order chi connectivity index (χ0) is 9.97.